The Kier molecular flexibility index (Phi) is 3.60. The molecule has 0 bridgehead atoms. The summed E-state index contributed by atoms with van der Waals surface area (Å²) in [5, 5.41) is 0. The van der Waals surface area contributed by atoms with Crippen molar-refractivity contribution in [2.45, 2.75) is 20.8 Å². The predicted molar refractivity (Wildman–Crippen MR) is 73.5 cm³/mol. The van der Waals surface area contributed by atoms with Gasteiger partial charge in [0.15, 0.2) is 11.6 Å². The summed E-state index contributed by atoms with van der Waals surface area (Å²) in [5.41, 5.74) is 3.45. The van der Waals surface area contributed by atoms with Crippen molar-refractivity contribution in [3.63, 3.8) is 0 Å². The molecule has 4 heteroatoms. The zero-order valence-electron chi connectivity index (χ0n) is 11.5. The van der Waals surface area contributed by atoms with Gasteiger partial charge in [0.2, 0.25) is 0 Å². The molecule has 4 nitrogen and oxygen atoms in total. The summed E-state index contributed by atoms with van der Waals surface area (Å²) in [6.07, 6.45) is 0. The average molecular weight is 256 g/mol. The van der Waals surface area contributed by atoms with Crippen LogP contribution in [-0.4, -0.2) is 22.9 Å². The molecule has 98 valence electrons. The molecule has 1 aromatic carbocycles. The van der Waals surface area contributed by atoms with Crippen molar-refractivity contribution in [1.29, 1.82) is 0 Å². The zero-order valence-corrected chi connectivity index (χ0v) is 11.5. The van der Waals surface area contributed by atoms with Gasteiger partial charge >= 0.3 is 0 Å². The normalized spacial score (nSPS) is 10.3. The zero-order chi connectivity index (χ0) is 14.0. The maximum Gasteiger partial charge on any atom is 0.196 e. The smallest absolute Gasteiger partial charge is 0.196 e. The quantitative estimate of drug-likeness (QED) is 0.792. The van der Waals surface area contributed by atoms with E-state index in [4.69, 9.17) is 4.74 Å². The second kappa shape index (κ2) is 5.18. The van der Waals surface area contributed by atoms with Crippen molar-refractivity contribution >= 4 is 5.78 Å². The SMILES string of the molecule is COc1ccc(C)cc1-c1cc(C)nc(C(C)=O)n1. The van der Waals surface area contributed by atoms with Gasteiger partial charge in [0.25, 0.3) is 0 Å². The number of Topliss-reactive ketones (excluding diaryl/α,β-unsaturated/α-hetero) is 1. The minimum Gasteiger partial charge on any atom is -0.496 e. The van der Waals surface area contributed by atoms with Crippen LogP contribution in [0.4, 0.5) is 0 Å². The van der Waals surface area contributed by atoms with Crippen LogP contribution in [0.3, 0.4) is 0 Å². The number of ether oxygens (including phenoxy) is 1. The minimum atomic E-state index is -0.142. The number of nitrogens with zero attached hydrogens (tertiary/aromatic N) is 2. The maximum absolute atomic E-state index is 11.4. The van der Waals surface area contributed by atoms with Gasteiger partial charge in [-0.15, -0.1) is 0 Å². The second-order valence-corrected chi connectivity index (χ2v) is 4.48. The summed E-state index contributed by atoms with van der Waals surface area (Å²) in [6, 6.07) is 7.71. The number of carbonyl (C=O) groups is 1. The second-order valence-electron chi connectivity index (χ2n) is 4.48. The third-order valence-corrected chi connectivity index (χ3v) is 2.80. The Labute approximate surface area is 112 Å². The molecule has 0 saturated heterocycles. The molecule has 0 aliphatic rings. The molecule has 0 aliphatic heterocycles. The molecular formula is C15H16N2O2. The molecule has 2 aromatic rings. The lowest BCUT2D eigenvalue weighted by Crippen LogP contribution is -2.04. The molecule has 19 heavy (non-hydrogen) atoms. The lowest BCUT2D eigenvalue weighted by Gasteiger charge is -2.10. The summed E-state index contributed by atoms with van der Waals surface area (Å²) in [5.74, 6) is 0.827. The average Bonchev–Trinajstić information content (AvgIpc) is 2.37. The highest BCUT2D eigenvalue weighted by atomic mass is 16.5. The van der Waals surface area contributed by atoms with E-state index in [2.05, 4.69) is 9.97 Å². The molecule has 2 rings (SSSR count). The highest BCUT2D eigenvalue weighted by Crippen LogP contribution is 2.29. The predicted octanol–water partition coefficient (Wildman–Crippen LogP) is 2.97. The van der Waals surface area contributed by atoms with Gasteiger partial charge in [0, 0.05) is 18.2 Å². The Hall–Kier alpha value is -2.23. The van der Waals surface area contributed by atoms with Crippen molar-refractivity contribution < 1.29 is 9.53 Å². The molecule has 0 amide bonds. The van der Waals surface area contributed by atoms with Crippen LogP contribution >= 0.6 is 0 Å². The topological polar surface area (TPSA) is 52.1 Å². The Morgan fingerprint density at radius 2 is 1.89 bits per heavy atom. The van der Waals surface area contributed by atoms with Crippen LogP contribution in [0.25, 0.3) is 11.3 Å². The van der Waals surface area contributed by atoms with Crippen LogP contribution in [0, 0.1) is 13.8 Å². The first-order valence-corrected chi connectivity index (χ1v) is 6.03. The van der Waals surface area contributed by atoms with Gasteiger partial charge in [-0.1, -0.05) is 11.6 Å². The van der Waals surface area contributed by atoms with Crippen molar-refractivity contribution in [3.05, 3.63) is 41.3 Å². The van der Waals surface area contributed by atoms with Gasteiger partial charge in [-0.25, -0.2) is 9.97 Å². The molecular weight excluding hydrogens is 240 g/mol. The number of rotatable bonds is 3. The number of hydrogen-bond donors (Lipinski definition) is 0. The van der Waals surface area contributed by atoms with Crippen molar-refractivity contribution in [2.24, 2.45) is 0 Å². The molecule has 0 fully saturated rings. The molecule has 0 N–H and O–H groups in total. The number of aromatic nitrogens is 2. The number of ketones is 1. The lowest BCUT2D eigenvalue weighted by molar-refractivity contribution is 0.100. The van der Waals surface area contributed by atoms with Crippen LogP contribution in [0.15, 0.2) is 24.3 Å². The summed E-state index contributed by atoms with van der Waals surface area (Å²) < 4.78 is 5.35. The largest absolute Gasteiger partial charge is 0.496 e. The van der Waals surface area contributed by atoms with Gasteiger partial charge in [-0.05, 0) is 32.0 Å². The van der Waals surface area contributed by atoms with Crippen molar-refractivity contribution in [1.82, 2.24) is 9.97 Å². The summed E-state index contributed by atoms with van der Waals surface area (Å²) in [6.45, 7) is 5.31. The molecule has 0 aliphatic carbocycles. The third kappa shape index (κ3) is 2.78. The first-order valence-electron chi connectivity index (χ1n) is 6.03. The van der Waals surface area contributed by atoms with Gasteiger partial charge in [0.1, 0.15) is 5.75 Å². The van der Waals surface area contributed by atoms with E-state index in [1.165, 1.54) is 6.92 Å². The Bertz CT molecular complexity index is 636. The molecule has 0 radical (unpaired) electrons. The fourth-order valence-corrected chi connectivity index (χ4v) is 1.89. The number of hydrogen-bond acceptors (Lipinski definition) is 4. The minimum absolute atomic E-state index is 0.142. The number of benzene rings is 1. The van der Waals surface area contributed by atoms with E-state index >= 15 is 0 Å². The summed E-state index contributed by atoms with van der Waals surface area (Å²) in [7, 11) is 1.62. The highest BCUT2D eigenvalue weighted by molar-refractivity contribution is 5.90. The van der Waals surface area contributed by atoms with E-state index in [9.17, 15) is 4.79 Å². The number of carbonyl (C=O) groups excluding carboxylic acids is 1. The summed E-state index contributed by atoms with van der Waals surface area (Å²) in [4.78, 5) is 19.9. The number of aryl methyl sites for hydroxylation is 2. The molecule has 0 atom stereocenters. The lowest BCUT2D eigenvalue weighted by atomic mass is 10.1. The fourth-order valence-electron chi connectivity index (χ4n) is 1.89. The van der Waals surface area contributed by atoms with Gasteiger partial charge in [-0.3, -0.25) is 4.79 Å². The third-order valence-electron chi connectivity index (χ3n) is 2.80. The monoisotopic (exact) mass is 256 g/mol. The molecule has 0 unspecified atom stereocenters. The van der Waals surface area contributed by atoms with Crippen LogP contribution in [-0.2, 0) is 0 Å². The van der Waals surface area contributed by atoms with E-state index in [1.807, 2.05) is 38.1 Å². The molecule has 1 aromatic heterocycles. The van der Waals surface area contributed by atoms with E-state index in [-0.39, 0.29) is 11.6 Å². The Morgan fingerprint density at radius 1 is 1.16 bits per heavy atom. The Morgan fingerprint density at radius 3 is 2.53 bits per heavy atom. The van der Waals surface area contributed by atoms with E-state index in [0.717, 1.165) is 22.6 Å². The number of methoxy groups -OCH3 is 1. The van der Waals surface area contributed by atoms with Crippen LogP contribution in [0.5, 0.6) is 5.75 Å². The molecule has 1 heterocycles. The van der Waals surface area contributed by atoms with Crippen LogP contribution in [0.1, 0.15) is 28.8 Å². The standard InChI is InChI=1S/C15H16N2O2/c1-9-5-6-14(19-4)12(7-9)13-8-10(2)16-15(17-13)11(3)18/h5-8H,1-4H3. The Balaban J connectivity index is 2.64. The highest BCUT2D eigenvalue weighted by Gasteiger charge is 2.12. The molecule has 0 saturated carbocycles. The fraction of sp³-hybridized carbons (Fsp3) is 0.267. The van der Waals surface area contributed by atoms with E-state index in [1.54, 1.807) is 7.11 Å². The van der Waals surface area contributed by atoms with Gasteiger partial charge in [0.05, 0.1) is 12.8 Å². The van der Waals surface area contributed by atoms with Crippen LogP contribution < -0.4 is 4.74 Å². The van der Waals surface area contributed by atoms with Gasteiger partial charge < -0.3 is 4.74 Å². The van der Waals surface area contributed by atoms with Crippen molar-refractivity contribution in [2.75, 3.05) is 7.11 Å². The maximum atomic E-state index is 11.4. The van der Waals surface area contributed by atoms with E-state index < -0.39 is 0 Å². The van der Waals surface area contributed by atoms with E-state index in [0.29, 0.717) is 5.69 Å². The summed E-state index contributed by atoms with van der Waals surface area (Å²) >= 11 is 0. The van der Waals surface area contributed by atoms with Gasteiger partial charge in [-0.2, -0.15) is 0 Å². The molecule has 0 spiro atoms. The van der Waals surface area contributed by atoms with Crippen molar-refractivity contribution in [3.8, 4) is 17.0 Å². The van der Waals surface area contributed by atoms with Crippen LogP contribution in [0.2, 0.25) is 0 Å². The first kappa shape index (κ1) is 13.2. The first-order chi connectivity index (χ1) is 9.01.